The van der Waals surface area contributed by atoms with Crippen LogP contribution >= 0.6 is 23.6 Å². The molecule has 0 amide bonds. The third-order valence-electron chi connectivity index (χ3n) is 4.06. The Balaban J connectivity index is 2.03. The summed E-state index contributed by atoms with van der Waals surface area (Å²) in [5.41, 5.74) is 2.29. The van der Waals surface area contributed by atoms with Crippen LogP contribution in [0.25, 0.3) is 0 Å². The highest BCUT2D eigenvalue weighted by atomic mass is 32.1. The molecule has 0 aliphatic carbocycles. The van der Waals surface area contributed by atoms with E-state index in [1.807, 2.05) is 0 Å². The van der Waals surface area contributed by atoms with Crippen LogP contribution in [0.2, 0.25) is 0 Å². The predicted molar refractivity (Wildman–Crippen MR) is 110 cm³/mol. The third-order valence-corrected chi connectivity index (χ3v) is 5.29. The van der Waals surface area contributed by atoms with Crippen molar-refractivity contribution in [2.45, 2.75) is 27.3 Å². The quantitative estimate of drug-likeness (QED) is 0.693. The van der Waals surface area contributed by atoms with Crippen LogP contribution in [0.5, 0.6) is 0 Å². The first-order valence-electron chi connectivity index (χ1n) is 8.49. The molecule has 0 saturated carbocycles. The molecule has 0 fully saturated rings. The Kier molecular flexibility index (Phi) is 7.69. The monoisotopic (exact) mass is 361 g/mol. The number of likely N-dealkylation sites (N-methyl/N-ethyl adjacent to an activating group) is 1. The van der Waals surface area contributed by atoms with Gasteiger partial charge in [-0.1, -0.05) is 32.0 Å². The number of hydrogen-bond acceptors (Lipinski definition) is 3. The molecule has 2 rings (SSSR count). The first-order valence-corrected chi connectivity index (χ1v) is 9.78. The van der Waals surface area contributed by atoms with E-state index in [0.29, 0.717) is 0 Å². The number of anilines is 1. The molecule has 0 atom stereocenters. The maximum Gasteiger partial charge on any atom is 0.173 e. The van der Waals surface area contributed by atoms with Gasteiger partial charge in [0, 0.05) is 23.7 Å². The Morgan fingerprint density at radius 2 is 1.92 bits per heavy atom. The number of aryl methyl sites for hydroxylation is 1. The predicted octanol–water partition coefficient (Wildman–Crippen LogP) is 4.60. The van der Waals surface area contributed by atoms with E-state index in [9.17, 15) is 0 Å². The van der Waals surface area contributed by atoms with Gasteiger partial charge in [0.05, 0.1) is 6.54 Å². The van der Waals surface area contributed by atoms with Gasteiger partial charge < -0.3 is 15.1 Å². The lowest BCUT2D eigenvalue weighted by Crippen LogP contribution is -2.40. The zero-order chi connectivity index (χ0) is 17.4. The molecule has 0 saturated heterocycles. The largest absolute Gasteiger partial charge is 0.343 e. The van der Waals surface area contributed by atoms with Gasteiger partial charge in [0.15, 0.2) is 5.11 Å². The van der Waals surface area contributed by atoms with Gasteiger partial charge >= 0.3 is 0 Å². The molecule has 3 nitrogen and oxygen atoms in total. The normalized spacial score (nSPS) is 10.8. The van der Waals surface area contributed by atoms with Crippen molar-refractivity contribution in [1.82, 2.24) is 9.80 Å². The summed E-state index contributed by atoms with van der Waals surface area (Å²) in [4.78, 5) is 6.03. The maximum atomic E-state index is 5.70. The van der Waals surface area contributed by atoms with Crippen LogP contribution in [0.3, 0.4) is 0 Å². The lowest BCUT2D eigenvalue weighted by molar-refractivity contribution is 0.267. The second kappa shape index (κ2) is 9.77. The summed E-state index contributed by atoms with van der Waals surface area (Å²) >= 11 is 7.48. The van der Waals surface area contributed by atoms with Gasteiger partial charge in [0.25, 0.3) is 0 Å². The molecule has 1 aromatic heterocycles. The lowest BCUT2D eigenvalue weighted by Gasteiger charge is -2.28. The fourth-order valence-electron chi connectivity index (χ4n) is 2.57. The van der Waals surface area contributed by atoms with Gasteiger partial charge in [-0.3, -0.25) is 0 Å². The second-order valence-corrected chi connectivity index (χ2v) is 7.25. The molecule has 0 bridgehead atoms. The Morgan fingerprint density at radius 3 is 2.54 bits per heavy atom. The smallest absolute Gasteiger partial charge is 0.173 e. The van der Waals surface area contributed by atoms with Gasteiger partial charge in [0.2, 0.25) is 0 Å². The van der Waals surface area contributed by atoms with Crippen molar-refractivity contribution in [3.63, 3.8) is 0 Å². The minimum atomic E-state index is 0.793. The number of benzene rings is 1. The SMILES string of the molecule is CCN(CC)CCN(Cc1cccs1)C(=S)Nc1cccc(C)c1. The van der Waals surface area contributed by atoms with Crippen molar-refractivity contribution < 1.29 is 0 Å². The summed E-state index contributed by atoms with van der Waals surface area (Å²) in [5, 5.41) is 6.31. The highest BCUT2D eigenvalue weighted by molar-refractivity contribution is 7.80. The van der Waals surface area contributed by atoms with Crippen LogP contribution < -0.4 is 5.32 Å². The number of nitrogens with one attached hydrogen (secondary N) is 1. The van der Waals surface area contributed by atoms with Crippen LogP contribution in [0.15, 0.2) is 41.8 Å². The fraction of sp³-hybridized carbons (Fsp3) is 0.421. The molecule has 130 valence electrons. The van der Waals surface area contributed by atoms with E-state index in [0.717, 1.165) is 43.5 Å². The lowest BCUT2D eigenvalue weighted by atomic mass is 10.2. The average Bonchev–Trinajstić information content (AvgIpc) is 3.07. The molecule has 0 unspecified atom stereocenters. The summed E-state index contributed by atoms with van der Waals surface area (Å²) in [6.07, 6.45) is 0. The molecule has 0 aliphatic rings. The molecular formula is C19H27N3S2. The van der Waals surface area contributed by atoms with Gasteiger partial charge in [-0.05, 0) is 61.4 Å². The fourth-order valence-corrected chi connectivity index (χ4v) is 3.56. The van der Waals surface area contributed by atoms with Crippen molar-refractivity contribution in [2.75, 3.05) is 31.5 Å². The number of thiophene rings is 1. The summed E-state index contributed by atoms with van der Waals surface area (Å²) < 4.78 is 0. The summed E-state index contributed by atoms with van der Waals surface area (Å²) in [7, 11) is 0. The maximum absolute atomic E-state index is 5.70. The molecule has 24 heavy (non-hydrogen) atoms. The van der Waals surface area contributed by atoms with E-state index in [1.165, 1.54) is 10.4 Å². The first kappa shape index (κ1) is 18.9. The van der Waals surface area contributed by atoms with Crippen molar-refractivity contribution in [3.05, 3.63) is 52.2 Å². The molecule has 1 heterocycles. The minimum Gasteiger partial charge on any atom is -0.343 e. The second-order valence-electron chi connectivity index (χ2n) is 5.83. The molecule has 0 spiro atoms. The molecule has 0 radical (unpaired) electrons. The number of rotatable bonds is 8. The van der Waals surface area contributed by atoms with Crippen LogP contribution in [0, 0.1) is 6.92 Å². The topological polar surface area (TPSA) is 18.5 Å². The molecule has 2 aromatic rings. The third kappa shape index (κ3) is 5.89. The van der Waals surface area contributed by atoms with Crippen molar-refractivity contribution in [1.29, 1.82) is 0 Å². The van der Waals surface area contributed by atoms with Crippen molar-refractivity contribution in [2.24, 2.45) is 0 Å². The van der Waals surface area contributed by atoms with Crippen LogP contribution in [0.4, 0.5) is 5.69 Å². The van der Waals surface area contributed by atoms with Gasteiger partial charge in [0.1, 0.15) is 0 Å². The van der Waals surface area contributed by atoms with E-state index in [1.54, 1.807) is 11.3 Å². The zero-order valence-electron chi connectivity index (χ0n) is 14.8. The standard InChI is InChI=1S/C19H27N3S2/c1-4-21(5-2)11-12-22(15-18-10-7-13-24-18)19(23)20-17-9-6-8-16(3)14-17/h6-10,13-14H,4-5,11-12,15H2,1-3H3,(H,20,23). The Morgan fingerprint density at radius 1 is 1.12 bits per heavy atom. The Hall–Kier alpha value is -1.43. The zero-order valence-corrected chi connectivity index (χ0v) is 16.4. The van der Waals surface area contributed by atoms with E-state index in [4.69, 9.17) is 12.2 Å². The molecule has 1 N–H and O–H groups in total. The van der Waals surface area contributed by atoms with Crippen molar-refractivity contribution in [3.8, 4) is 0 Å². The molecule has 1 aromatic carbocycles. The summed E-state index contributed by atoms with van der Waals surface area (Å²) in [6.45, 7) is 11.5. The van der Waals surface area contributed by atoms with E-state index in [-0.39, 0.29) is 0 Å². The highest BCUT2D eigenvalue weighted by Crippen LogP contribution is 2.15. The molecule has 5 heteroatoms. The van der Waals surface area contributed by atoms with E-state index in [2.05, 4.69) is 77.7 Å². The van der Waals surface area contributed by atoms with Crippen molar-refractivity contribution >= 4 is 34.4 Å². The highest BCUT2D eigenvalue weighted by Gasteiger charge is 2.13. The summed E-state index contributed by atoms with van der Waals surface area (Å²) in [6, 6.07) is 12.6. The number of nitrogens with zero attached hydrogens (tertiary/aromatic N) is 2. The van der Waals surface area contributed by atoms with Crippen LogP contribution in [0.1, 0.15) is 24.3 Å². The first-order chi connectivity index (χ1) is 11.6. The van der Waals surface area contributed by atoms with E-state index < -0.39 is 0 Å². The van der Waals surface area contributed by atoms with Crippen LogP contribution in [-0.4, -0.2) is 41.1 Å². The molecular weight excluding hydrogens is 334 g/mol. The molecule has 0 aliphatic heterocycles. The van der Waals surface area contributed by atoms with Gasteiger partial charge in [-0.15, -0.1) is 11.3 Å². The average molecular weight is 362 g/mol. The van der Waals surface area contributed by atoms with E-state index >= 15 is 0 Å². The Labute approximate surface area is 155 Å². The van der Waals surface area contributed by atoms with Gasteiger partial charge in [-0.25, -0.2) is 0 Å². The van der Waals surface area contributed by atoms with Gasteiger partial charge in [-0.2, -0.15) is 0 Å². The van der Waals surface area contributed by atoms with Crippen LogP contribution in [-0.2, 0) is 6.54 Å². The number of hydrogen-bond donors (Lipinski definition) is 1. The summed E-state index contributed by atoms with van der Waals surface area (Å²) in [5.74, 6) is 0. The number of thiocarbonyl (C=S) groups is 1. The minimum absolute atomic E-state index is 0.793. The Bertz CT molecular complexity index is 621.